The molecule has 0 amide bonds. The highest BCUT2D eigenvalue weighted by Gasteiger charge is 2.52. The van der Waals surface area contributed by atoms with Gasteiger partial charge in [0.05, 0.1) is 65.1 Å². The summed E-state index contributed by atoms with van der Waals surface area (Å²) in [6.45, 7) is 8.34. The highest BCUT2D eigenvalue weighted by atomic mass is 35.5. The van der Waals surface area contributed by atoms with E-state index in [4.69, 9.17) is 55.8 Å². The molecule has 0 saturated carbocycles. The molecule has 8 aromatic heterocycles. The lowest BCUT2D eigenvalue weighted by atomic mass is 9.78. The van der Waals surface area contributed by atoms with Gasteiger partial charge in [0.1, 0.15) is 0 Å². The third-order valence-electron chi connectivity index (χ3n) is 20.4. The zero-order valence-corrected chi connectivity index (χ0v) is 62.4. The first-order valence-corrected chi connectivity index (χ1v) is 38.2. The first kappa shape index (κ1) is 67.7. The number of halogens is 1. The Balaban J connectivity index is 0.000000122. The molecule has 0 unspecified atom stereocenters. The Kier molecular flexibility index (Phi) is 17.3. The average Bonchev–Trinajstić information content (AvgIpc) is 1.58. The maximum absolute atomic E-state index is 6.40. The third kappa shape index (κ3) is 12.5. The van der Waals surface area contributed by atoms with E-state index in [2.05, 4.69) is 234 Å². The number of fused-ring (bicyclic) bond motifs is 12. The quantitative estimate of drug-likeness (QED) is 0.120. The summed E-state index contributed by atoms with van der Waals surface area (Å²) in [4.78, 5) is 49.0. The highest BCUT2D eigenvalue weighted by molar-refractivity contribution is 7.26. The van der Waals surface area contributed by atoms with Crippen LogP contribution in [-0.4, -0.2) is 77.3 Å². The maximum atomic E-state index is 6.40. The molecule has 0 N–H and O–H groups in total. The van der Waals surface area contributed by atoms with Crippen molar-refractivity contribution in [3.63, 3.8) is 0 Å². The molecule has 1 aliphatic heterocycles. The van der Waals surface area contributed by atoms with Crippen LogP contribution in [0.2, 0.25) is 5.28 Å². The molecular formula is C92H64BClN12O2S2. The van der Waals surface area contributed by atoms with E-state index in [-0.39, 0.29) is 5.28 Å². The summed E-state index contributed by atoms with van der Waals surface area (Å²) in [7, 11) is -0.438. The number of thiophene rings is 2. The summed E-state index contributed by atoms with van der Waals surface area (Å²) < 4.78 is 21.6. The van der Waals surface area contributed by atoms with Gasteiger partial charge < -0.3 is 9.31 Å². The summed E-state index contributed by atoms with van der Waals surface area (Å²) in [5, 5.41) is 7.03. The van der Waals surface area contributed by atoms with Crippen molar-refractivity contribution in [3.05, 3.63) is 321 Å². The van der Waals surface area contributed by atoms with E-state index in [1.54, 1.807) is 22.7 Å². The van der Waals surface area contributed by atoms with Crippen LogP contribution in [0.3, 0.4) is 0 Å². The third-order valence-corrected chi connectivity index (χ3v) is 22.9. The van der Waals surface area contributed by atoms with Gasteiger partial charge in [-0.25, -0.2) is 39.9 Å². The normalized spacial score (nSPS) is 13.2. The van der Waals surface area contributed by atoms with Crippen LogP contribution in [0.1, 0.15) is 27.7 Å². The Morgan fingerprint density at radius 1 is 0.291 bits per heavy atom. The van der Waals surface area contributed by atoms with E-state index in [9.17, 15) is 0 Å². The van der Waals surface area contributed by atoms with Gasteiger partial charge in [0, 0.05) is 80.7 Å². The molecule has 0 spiro atoms. The van der Waals surface area contributed by atoms with E-state index >= 15 is 0 Å². The molecular weight excluding hydrogens is 1420 g/mol. The predicted octanol–water partition coefficient (Wildman–Crippen LogP) is 22.6. The molecule has 1 saturated heterocycles. The second-order valence-electron chi connectivity index (χ2n) is 27.9. The van der Waals surface area contributed by atoms with Crippen LogP contribution >= 0.6 is 34.3 Å². The number of para-hydroxylation sites is 4. The Bertz CT molecular complexity index is 6650. The van der Waals surface area contributed by atoms with Gasteiger partial charge in [0.2, 0.25) is 17.2 Å². The molecule has 9 heterocycles. The smallest absolute Gasteiger partial charge is 0.399 e. The van der Waals surface area contributed by atoms with Gasteiger partial charge in [-0.05, 0) is 93.3 Å². The van der Waals surface area contributed by atoms with Gasteiger partial charge in [-0.2, -0.15) is 9.97 Å². The molecule has 110 heavy (non-hydrogen) atoms. The van der Waals surface area contributed by atoms with Crippen molar-refractivity contribution >= 4 is 131 Å². The largest absolute Gasteiger partial charge is 0.494 e. The average molecular weight is 1480 g/mol. The Morgan fingerprint density at radius 2 is 0.591 bits per heavy atom. The second kappa shape index (κ2) is 28.0. The van der Waals surface area contributed by atoms with E-state index < -0.39 is 18.3 Å². The second-order valence-corrected chi connectivity index (χ2v) is 30.3. The van der Waals surface area contributed by atoms with Crippen LogP contribution in [0.5, 0.6) is 0 Å². The van der Waals surface area contributed by atoms with E-state index in [0.717, 1.165) is 118 Å². The first-order chi connectivity index (χ1) is 53.9. The van der Waals surface area contributed by atoms with Crippen molar-refractivity contribution in [2.75, 3.05) is 0 Å². The van der Waals surface area contributed by atoms with Crippen molar-refractivity contribution in [3.8, 4) is 91.4 Å². The summed E-state index contributed by atoms with van der Waals surface area (Å²) in [6, 6.07) is 107. The molecule has 21 rings (SSSR count). The lowest BCUT2D eigenvalue weighted by Crippen LogP contribution is -2.41. The number of hydrogen-bond donors (Lipinski definition) is 0. The van der Waals surface area contributed by atoms with Gasteiger partial charge in [-0.3, -0.25) is 9.13 Å². The fourth-order valence-electron chi connectivity index (χ4n) is 14.3. The predicted molar refractivity (Wildman–Crippen MR) is 451 cm³/mol. The molecule has 18 heteroatoms. The minimum atomic E-state index is -0.438. The van der Waals surface area contributed by atoms with Crippen molar-refractivity contribution < 1.29 is 9.31 Å². The number of aromatic nitrogens is 12. The standard InChI is InChI=1S/C43H26N6S.C34H28BN3O2S.C15H10ClN3/c1-4-14-27(15-5-1)37-39-38(45-43(44-37)49-34-22-12-10-20-31(34)32-21-11-13-23-35(32)49)33-26-30(24-25-36(33)50-39)42-47-40(28-16-6-2-7-17-28)46-41(48-42)29-18-8-3-9-19-29;1-33(2)34(3,4)40-35(39-33)22-18-19-28-25(20-22)30-31(41-28)29(21-12-6-5-7-13-21)36-32(37-30)38-26-16-10-8-14-23(26)24-15-9-11-17-27(24)38;16-15-18-13(11-7-3-1-4-8-11)17-14(19-15)12-9-5-2-6-10-12/h1-26H;5-20H,1-4H3;1-10H. The Labute approximate surface area is 645 Å². The van der Waals surface area contributed by atoms with Crippen molar-refractivity contribution in [2.45, 2.75) is 38.9 Å². The lowest BCUT2D eigenvalue weighted by molar-refractivity contribution is 0.00578. The monoisotopic (exact) mass is 1480 g/mol. The summed E-state index contributed by atoms with van der Waals surface area (Å²) >= 11 is 9.43. The molecule has 526 valence electrons. The van der Waals surface area contributed by atoms with Crippen LogP contribution in [0.25, 0.3) is 176 Å². The lowest BCUT2D eigenvalue weighted by Gasteiger charge is -2.32. The van der Waals surface area contributed by atoms with Crippen molar-refractivity contribution in [1.29, 1.82) is 0 Å². The van der Waals surface area contributed by atoms with Crippen LogP contribution in [-0.2, 0) is 9.31 Å². The Hall–Kier alpha value is -12.9. The van der Waals surface area contributed by atoms with Crippen molar-refractivity contribution in [1.82, 2.24) is 59.0 Å². The van der Waals surface area contributed by atoms with Gasteiger partial charge in [0.25, 0.3) is 0 Å². The molecule has 0 radical (unpaired) electrons. The maximum Gasteiger partial charge on any atom is 0.494 e. The minimum Gasteiger partial charge on any atom is -0.399 e. The van der Waals surface area contributed by atoms with Gasteiger partial charge in [0.15, 0.2) is 29.1 Å². The van der Waals surface area contributed by atoms with E-state index in [0.29, 0.717) is 41.0 Å². The number of hydrogen-bond acceptors (Lipinski definition) is 14. The number of benzene rings is 12. The first-order valence-electron chi connectivity index (χ1n) is 36.2. The summed E-state index contributed by atoms with van der Waals surface area (Å²) in [6.07, 6.45) is 0. The Morgan fingerprint density at radius 3 is 0.955 bits per heavy atom. The summed E-state index contributed by atoms with van der Waals surface area (Å²) in [5.74, 6) is 4.34. The van der Waals surface area contributed by atoms with E-state index in [1.165, 1.54) is 21.5 Å². The fraction of sp³-hybridized carbons (Fsp3) is 0.0652. The van der Waals surface area contributed by atoms with Crippen LogP contribution in [0.4, 0.5) is 0 Å². The molecule has 12 aromatic carbocycles. The van der Waals surface area contributed by atoms with E-state index in [1.807, 2.05) is 133 Å². The topological polar surface area (TPSA) is 157 Å². The number of nitrogens with zero attached hydrogens (tertiary/aromatic N) is 12. The van der Waals surface area contributed by atoms with Gasteiger partial charge in [-0.15, -0.1) is 22.7 Å². The summed E-state index contributed by atoms with van der Waals surface area (Å²) in [5.41, 5.74) is 14.9. The molecule has 14 nitrogen and oxygen atoms in total. The molecule has 20 aromatic rings. The molecule has 1 fully saturated rings. The fourth-order valence-corrected chi connectivity index (χ4v) is 16.8. The van der Waals surface area contributed by atoms with Crippen LogP contribution in [0, 0.1) is 0 Å². The zero-order valence-electron chi connectivity index (χ0n) is 60.0. The molecule has 0 atom stereocenters. The van der Waals surface area contributed by atoms with Crippen molar-refractivity contribution in [2.24, 2.45) is 0 Å². The van der Waals surface area contributed by atoms with Crippen LogP contribution < -0.4 is 5.46 Å². The number of rotatable bonds is 10. The highest BCUT2D eigenvalue weighted by Crippen LogP contribution is 2.45. The van der Waals surface area contributed by atoms with Gasteiger partial charge in [-0.1, -0.05) is 267 Å². The molecule has 1 aliphatic rings. The molecule has 0 aliphatic carbocycles. The SMILES string of the molecule is CC1(C)OB(c2ccc3sc4c(-c5ccccc5)nc(-n5c6ccccc6c6ccccc65)nc4c3c2)OC1(C)C.Clc1nc(-c2ccccc2)nc(-c2ccccc2)n1.c1ccc(-c2nc(-c3ccccc3)nc(-c3ccc4sc5c(-c6ccccc6)nc(-n6c7ccccc7c7ccccc76)nc5c4c3)n2)cc1. The van der Waals surface area contributed by atoms with Crippen LogP contribution in [0.15, 0.2) is 315 Å². The van der Waals surface area contributed by atoms with Gasteiger partial charge >= 0.3 is 7.12 Å². The zero-order chi connectivity index (χ0) is 74.0. The molecule has 0 bridgehead atoms. The minimum absolute atomic E-state index is 0.202.